The van der Waals surface area contributed by atoms with Crippen LogP contribution in [0.3, 0.4) is 0 Å². The molecule has 124 valence electrons. The van der Waals surface area contributed by atoms with E-state index in [0.717, 1.165) is 0 Å². The lowest BCUT2D eigenvalue weighted by Crippen LogP contribution is -2.40. The monoisotopic (exact) mass is 328 g/mol. The van der Waals surface area contributed by atoms with E-state index in [4.69, 9.17) is 5.73 Å². The lowest BCUT2D eigenvalue weighted by Gasteiger charge is -2.29. The predicted octanol–water partition coefficient (Wildman–Crippen LogP) is 0.193. The van der Waals surface area contributed by atoms with Crippen LogP contribution in [0, 0.1) is 5.41 Å². The number of rotatable bonds is 8. The number of amides is 1. The van der Waals surface area contributed by atoms with Crippen molar-refractivity contribution in [2.45, 2.75) is 25.2 Å². The molecule has 1 amide bonds. The summed E-state index contributed by atoms with van der Waals surface area (Å²) in [5.41, 5.74) is 5.47. The summed E-state index contributed by atoms with van der Waals surface area (Å²) in [6.07, 6.45) is 2.85. The molecule has 1 heterocycles. The highest BCUT2D eigenvalue weighted by molar-refractivity contribution is 7.89. The van der Waals surface area contributed by atoms with E-state index in [2.05, 4.69) is 9.71 Å². The largest absolute Gasteiger partial charge is 0.345 e. The number of pyridine rings is 1. The first-order valence-corrected chi connectivity index (χ1v) is 8.50. The summed E-state index contributed by atoms with van der Waals surface area (Å²) < 4.78 is 26.3. The van der Waals surface area contributed by atoms with Crippen molar-refractivity contribution in [1.29, 1.82) is 0 Å². The van der Waals surface area contributed by atoms with Gasteiger partial charge in [0, 0.05) is 39.0 Å². The number of hydrogen-bond donors (Lipinski definition) is 2. The van der Waals surface area contributed by atoms with Crippen molar-refractivity contribution >= 4 is 15.9 Å². The van der Waals surface area contributed by atoms with Gasteiger partial charge in [-0.15, -0.1) is 0 Å². The maximum absolute atomic E-state index is 12.0. The van der Waals surface area contributed by atoms with E-state index in [9.17, 15) is 13.2 Å². The first-order chi connectivity index (χ1) is 10.2. The molecule has 1 rings (SSSR count). The van der Waals surface area contributed by atoms with E-state index in [0.29, 0.717) is 13.1 Å². The van der Waals surface area contributed by atoms with Crippen molar-refractivity contribution in [2.24, 2.45) is 11.1 Å². The van der Waals surface area contributed by atoms with Crippen LogP contribution in [0.4, 0.5) is 0 Å². The van der Waals surface area contributed by atoms with Gasteiger partial charge in [-0.25, -0.2) is 13.1 Å². The van der Waals surface area contributed by atoms with Crippen LogP contribution in [0.2, 0.25) is 0 Å². The van der Waals surface area contributed by atoms with Gasteiger partial charge in [0.1, 0.15) is 4.90 Å². The van der Waals surface area contributed by atoms with Gasteiger partial charge in [0.05, 0.1) is 0 Å². The van der Waals surface area contributed by atoms with E-state index in [1.165, 1.54) is 18.5 Å². The molecule has 7 nitrogen and oxygen atoms in total. The fraction of sp³-hybridized carbons (Fsp3) is 0.571. The lowest BCUT2D eigenvalue weighted by molar-refractivity contribution is -0.130. The van der Waals surface area contributed by atoms with Gasteiger partial charge >= 0.3 is 0 Å². The van der Waals surface area contributed by atoms with Gasteiger partial charge < -0.3 is 10.6 Å². The highest BCUT2D eigenvalue weighted by Crippen LogP contribution is 2.14. The maximum Gasteiger partial charge on any atom is 0.242 e. The molecule has 0 saturated carbocycles. The first kappa shape index (κ1) is 18.5. The molecule has 0 aliphatic carbocycles. The third-order valence-corrected chi connectivity index (χ3v) is 4.67. The third kappa shape index (κ3) is 5.70. The molecule has 0 spiro atoms. The summed E-state index contributed by atoms with van der Waals surface area (Å²) in [7, 11) is -1.93. The van der Waals surface area contributed by atoms with Crippen molar-refractivity contribution in [3.63, 3.8) is 0 Å². The molecule has 0 bridgehead atoms. The number of sulfonamides is 1. The Morgan fingerprint density at radius 3 is 2.68 bits per heavy atom. The highest BCUT2D eigenvalue weighted by atomic mass is 32.2. The van der Waals surface area contributed by atoms with E-state index in [1.54, 1.807) is 18.0 Å². The molecule has 0 saturated heterocycles. The van der Waals surface area contributed by atoms with Gasteiger partial charge in [-0.05, 0) is 24.1 Å². The minimum Gasteiger partial charge on any atom is -0.345 e. The smallest absolute Gasteiger partial charge is 0.242 e. The number of nitrogens with two attached hydrogens (primary N) is 1. The Morgan fingerprint density at radius 2 is 2.14 bits per heavy atom. The summed E-state index contributed by atoms with van der Waals surface area (Å²) in [5, 5.41) is 0. The summed E-state index contributed by atoms with van der Waals surface area (Å²) in [6, 6.07) is 3.00. The second kappa shape index (κ2) is 7.66. The Kier molecular flexibility index (Phi) is 6.46. The van der Waals surface area contributed by atoms with Crippen molar-refractivity contribution < 1.29 is 13.2 Å². The number of carbonyl (C=O) groups is 1. The fourth-order valence-electron chi connectivity index (χ4n) is 1.87. The molecule has 1 aromatic rings. The van der Waals surface area contributed by atoms with E-state index < -0.39 is 10.0 Å². The molecular weight excluding hydrogens is 304 g/mol. The van der Waals surface area contributed by atoms with E-state index in [-0.39, 0.29) is 29.2 Å². The van der Waals surface area contributed by atoms with Crippen LogP contribution >= 0.6 is 0 Å². The van der Waals surface area contributed by atoms with Crippen LogP contribution in [-0.2, 0) is 14.8 Å². The van der Waals surface area contributed by atoms with Crippen LogP contribution in [0.1, 0.15) is 20.3 Å². The van der Waals surface area contributed by atoms with E-state index in [1.807, 2.05) is 13.8 Å². The lowest BCUT2D eigenvalue weighted by atomic mass is 9.93. The van der Waals surface area contributed by atoms with Gasteiger partial charge in [0.15, 0.2) is 0 Å². The van der Waals surface area contributed by atoms with Crippen molar-refractivity contribution in [1.82, 2.24) is 14.6 Å². The van der Waals surface area contributed by atoms with Gasteiger partial charge in [0.2, 0.25) is 15.9 Å². The molecule has 8 heteroatoms. The SMILES string of the molecule is CN(CC(C)(C)CN)C(=O)CCNS(=O)(=O)c1cccnc1. The van der Waals surface area contributed by atoms with Crippen molar-refractivity contribution in [2.75, 3.05) is 26.7 Å². The van der Waals surface area contributed by atoms with Gasteiger partial charge in [-0.3, -0.25) is 9.78 Å². The summed E-state index contributed by atoms with van der Waals surface area (Å²) in [5.74, 6) is -0.129. The summed E-state index contributed by atoms with van der Waals surface area (Å²) >= 11 is 0. The molecule has 0 fully saturated rings. The topological polar surface area (TPSA) is 105 Å². The Labute approximate surface area is 132 Å². The fourth-order valence-corrected chi connectivity index (χ4v) is 2.86. The summed E-state index contributed by atoms with van der Waals surface area (Å²) in [6.45, 7) is 4.99. The van der Waals surface area contributed by atoms with Gasteiger partial charge in [-0.2, -0.15) is 0 Å². The molecule has 0 unspecified atom stereocenters. The Morgan fingerprint density at radius 1 is 1.45 bits per heavy atom. The summed E-state index contributed by atoms with van der Waals surface area (Å²) in [4.78, 5) is 17.4. The molecule has 0 aromatic carbocycles. The molecule has 22 heavy (non-hydrogen) atoms. The number of nitrogens with one attached hydrogen (secondary N) is 1. The quantitative estimate of drug-likeness (QED) is 0.709. The Hall–Kier alpha value is -1.51. The molecule has 0 radical (unpaired) electrons. The average molecular weight is 328 g/mol. The van der Waals surface area contributed by atoms with E-state index >= 15 is 0 Å². The molecule has 0 atom stereocenters. The number of hydrogen-bond acceptors (Lipinski definition) is 5. The van der Waals surface area contributed by atoms with Gasteiger partial charge in [-0.1, -0.05) is 13.8 Å². The predicted molar refractivity (Wildman–Crippen MR) is 84.5 cm³/mol. The molecule has 3 N–H and O–H groups in total. The minimum atomic E-state index is -3.62. The van der Waals surface area contributed by atoms with Crippen LogP contribution in [-0.4, -0.2) is 50.9 Å². The van der Waals surface area contributed by atoms with Crippen LogP contribution < -0.4 is 10.5 Å². The molecular formula is C14H24N4O3S. The van der Waals surface area contributed by atoms with Crippen molar-refractivity contribution in [3.05, 3.63) is 24.5 Å². The van der Waals surface area contributed by atoms with Crippen molar-refractivity contribution in [3.8, 4) is 0 Å². The zero-order valence-corrected chi connectivity index (χ0v) is 14.1. The zero-order chi connectivity index (χ0) is 16.8. The first-order valence-electron chi connectivity index (χ1n) is 7.02. The average Bonchev–Trinajstić information content (AvgIpc) is 2.47. The Bertz CT molecular complexity index is 587. The van der Waals surface area contributed by atoms with Gasteiger partial charge in [0.25, 0.3) is 0 Å². The third-order valence-electron chi connectivity index (χ3n) is 3.22. The number of aromatic nitrogens is 1. The minimum absolute atomic E-state index is 0.0451. The van der Waals surface area contributed by atoms with Crippen LogP contribution in [0.25, 0.3) is 0 Å². The normalized spacial score (nSPS) is 12.2. The maximum atomic E-state index is 12.0. The molecule has 0 aliphatic heterocycles. The standard InChI is InChI=1S/C14H24N4O3S/c1-14(2,10-15)11-18(3)13(19)6-8-17-22(20,21)12-5-4-7-16-9-12/h4-5,7,9,17H,6,8,10-11,15H2,1-3H3. The second-order valence-electron chi connectivity index (χ2n) is 5.95. The number of nitrogens with zero attached hydrogens (tertiary/aromatic N) is 2. The van der Waals surface area contributed by atoms with Crippen LogP contribution in [0.15, 0.2) is 29.4 Å². The zero-order valence-electron chi connectivity index (χ0n) is 13.2. The van der Waals surface area contributed by atoms with Crippen LogP contribution in [0.5, 0.6) is 0 Å². The Balaban J connectivity index is 2.49. The molecule has 1 aromatic heterocycles. The molecule has 0 aliphatic rings. The highest BCUT2D eigenvalue weighted by Gasteiger charge is 2.21. The number of carbonyl (C=O) groups excluding carboxylic acids is 1. The second-order valence-corrected chi connectivity index (χ2v) is 7.72.